The zero-order chi connectivity index (χ0) is 16.3. The lowest BCUT2D eigenvalue weighted by molar-refractivity contribution is -0.137. The minimum Gasteiger partial charge on any atom is -0.495 e. The number of nitrogens with zero attached hydrogens (tertiary/aromatic N) is 1. The van der Waals surface area contributed by atoms with Gasteiger partial charge in [-0.15, -0.1) is 0 Å². The fourth-order valence-electron chi connectivity index (χ4n) is 2.05. The molecular weight excluding hydrogens is 292 g/mol. The monoisotopic (exact) mass is 306 g/mol. The molecule has 2 rings (SSSR count). The van der Waals surface area contributed by atoms with Crippen LogP contribution in [0.1, 0.15) is 10.4 Å². The van der Waals surface area contributed by atoms with E-state index in [0.29, 0.717) is 0 Å². The van der Waals surface area contributed by atoms with Crippen molar-refractivity contribution >= 4 is 23.5 Å². The summed E-state index contributed by atoms with van der Waals surface area (Å²) in [6.45, 7) is -0.481. The number of aliphatic hydroxyl groups excluding tert-OH is 1. The van der Waals surface area contributed by atoms with Crippen molar-refractivity contribution in [3.05, 3.63) is 35.5 Å². The van der Waals surface area contributed by atoms with Gasteiger partial charge in [0, 0.05) is 6.08 Å². The molecule has 0 spiro atoms. The number of ether oxygens (including phenoxy) is 1. The van der Waals surface area contributed by atoms with Crippen molar-refractivity contribution in [1.29, 1.82) is 0 Å². The van der Waals surface area contributed by atoms with Crippen LogP contribution in [0.15, 0.2) is 30.0 Å². The van der Waals surface area contributed by atoms with E-state index >= 15 is 0 Å². The van der Waals surface area contributed by atoms with Gasteiger partial charge in [0.15, 0.2) is 0 Å². The second kappa shape index (κ2) is 6.27. The molecule has 0 aliphatic carbocycles. The number of aliphatic hydroxyl groups is 1. The summed E-state index contributed by atoms with van der Waals surface area (Å²) in [6, 6.07) is 4.38. The first kappa shape index (κ1) is 15.5. The lowest BCUT2D eigenvalue weighted by atomic mass is 10.1. The fraction of sp³-hybridized carbons (Fsp3) is 0.214. The Morgan fingerprint density at radius 3 is 2.68 bits per heavy atom. The summed E-state index contributed by atoms with van der Waals surface area (Å²) < 4.78 is 5.08. The molecule has 8 heteroatoms. The molecular formula is C14H14N2O6. The van der Waals surface area contributed by atoms with Crippen molar-refractivity contribution in [3.63, 3.8) is 0 Å². The summed E-state index contributed by atoms with van der Waals surface area (Å²) in [5.41, 5.74) is -0.0951. The van der Waals surface area contributed by atoms with Gasteiger partial charge in [-0.2, -0.15) is 0 Å². The molecule has 3 N–H and O–H groups in total. The van der Waals surface area contributed by atoms with E-state index in [4.69, 9.17) is 9.84 Å². The maximum atomic E-state index is 12.1. The lowest BCUT2D eigenvalue weighted by Crippen LogP contribution is -2.34. The largest absolute Gasteiger partial charge is 0.495 e. The van der Waals surface area contributed by atoms with E-state index in [9.17, 15) is 19.5 Å². The zero-order valence-corrected chi connectivity index (χ0v) is 11.7. The summed E-state index contributed by atoms with van der Waals surface area (Å²) in [5, 5.41) is 20.7. The van der Waals surface area contributed by atoms with Crippen LogP contribution in [0.3, 0.4) is 0 Å². The molecule has 2 amide bonds. The number of imide groups is 1. The first-order chi connectivity index (χ1) is 10.5. The van der Waals surface area contributed by atoms with E-state index in [0.717, 1.165) is 11.0 Å². The van der Waals surface area contributed by atoms with E-state index in [1.54, 1.807) is 0 Å². The highest BCUT2D eigenvalue weighted by Crippen LogP contribution is 2.30. The Morgan fingerprint density at radius 1 is 1.36 bits per heavy atom. The van der Waals surface area contributed by atoms with Crippen LogP contribution in [0.4, 0.5) is 5.69 Å². The Labute approximate surface area is 125 Å². The van der Waals surface area contributed by atoms with Crippen LogP contribution in [0, 0.1) is 0 Å². The van der Waals surface area contributed by atoms with Gasteiger partial charge in [-0.3, -0.25) is 14.5 Å². The van der Waals surface area contributed by atoms with Gasteiger partial charge in [-0.05, 0) is 12.1 Å². The van der Waals surface area contributed by atoms with Crippen molar-refractivity contribution in [1.82, 2.24) is 4.90 Å². The second-order valence-electron chi connectivity index (χ2n) is 4.39. The van der Waals surface area contributed by atoms with Crippen LogP contribution in [-0.2, 0) is 9.59 Å². The van der Waals surface area contributed by atoms with Crippen LogP contribution >= 0.6 is 0 Å². The quantitative estimate of drug-likeness (QED) is 0.636. The number of rotatable bonds is 6. The van der Waals surface area contributed by atoms with Gasteiger partial charge >= 0.3 is 5.97 Å². The number of para-hydroxylation sites is 1. The van der Waals surface area contributed by atoms with Crippen molar-refractivity contribution in [2.75, 3.05) is 25.6 Å². The van der Waals surface area contributed by atoms with Gasteiger partial charge in [0.25, 0.3) is 11.8 Å². The minimum absolute atomic E-state index is 0.0783. The third-order valence-electron chi connectivity index (χ3n) is 3.07. The summed E-state index contributed by atoms with van der Waals surface area (Å²) in [5.74, 6) is -2.19. The van der Waals surface area contributed by atoms with Gasteiger partial charge in [0.05, 0.1) is 31.5 Å². The highest BCUT2D eigenvalue weighted by Gasteiger charge is 2.31. The molecule has 8 nitrogen and oxygen atoms in total. The first-order valence-corrected chi connectivity index (χ1v) is 6.35. The predicted octanol–water partition coefficient (Wildman–Crippen LogP) is 0.0503. The number of carbonyl (C=O) groups excluding carboxylic acids is 2. The number of amides is 2. The maximum Gasteiger partial charge on any atom is 0.337 e. The molecule has 1 aliphatic heterocycles. The number of β-amino-alcohol motifs (C(OH)–C–C–N with tert-alkyl or cyclic N) is 1. The number of benzene rings is 1. The third-order valence-corrected chi connectivity index (χ3v) is 3.07. The maximum absolute atomic E-state index is 12.1. The van der Waals surface area contributed by atoms with Crippen LogP contribution in [0.25, 0.3) is 0 Å². The summed E-state index contributed by atoms with van der Waals surface area (Å²) in [6.07, 6.45) is 1.05. The van der Waals surface area contributed by atoms with Gasteiger partial charge < -0.3 is 20.3 Å². The fourth-order valence-corrected chi connectivity index (χ4v) is 2.05. The number of hydrogen-bond donors (Lipinski definition) is 3. The summed E-state index contributed by atoms with van der Waals surface area (Å²) in [7, 11) is 1.36. The molecule has 0 bridgehead atoms. The van der Waals surface area contributed by atoms with Crippen LogP contribution in [-0.4, -0.2) is 53.2 Å². The molecule has 0 unspecified atom stereocenters. The molecule has 1 heterocycles. The molecule has 1 aliphatic rings. The van der Waals surface area contributed by atoms with E-state index in [-0.39, 0.29) is 35.8 Å². The van der Waals surface area contributed by atoms with Gasteiger partial charge in [0.2, 0.25) is 0 Å². The molecule has 1 aromatic rings. The van der Waals surface area contributed by atoms with Gasteiger partial charge in [-0.1, -0.05) is 6.07 Å². The van der Waals surface area contributed by atoms with E-state index in [1.807, 2.05) is 0 Å². The summed E-state index contributed by atoms with van der Waals surface area (Å²) in [4.78, 5) is 35.9. The molecule has 0 radical (unpaired) electrons. The number of aromatic carboxylic acids is 1. The molecule has 116 valence electrons. The smallest absolute Gasteiger partial charge is 0.337 e. The molecule has 0 saturated carbocycles. The normalized spacial score (nSPS) is 14.1. The third kappa shape index (κ3) is 2.77. The van der Waals surface area contributed by atoms with E-state index < -0.39 is 17.8 Å². The standard InChI is InChI=1S/C14H14N2O6/c1-22-10-4-2-3-8(14(20)21)12(10)15-9-7-11(18)16(5-6-17)13(9)19/h2-4,7,15,17H,5-6H2,1H3,(H,20,21). The predicted molar refractivity (Wildman–Crippen MR) is 75.5 cm³/mol. The summed E-state index contributed by atoms with van der Waals surface area (Å²) >= 11 is 0. The first-order valence-electron chi connectivity index (χ1n) is 6.35. The molecule has 0 saturated heterocycles. The SMILES string of the molecule is COc1cccc(C(=O)O)c1NC1=CC(=O)N(CCO)C1=O. The topological polar surface area (TPSA) is 116 Å². The molecule has 0 atom stereocenters. The zero-order valence-electron chi connectivity index (χ0n) is 11.7. The van der Waals surface area contributed by atoms with Crippen molar-refractivity contribution in [2.24, 2.45) is 0 Å². The molecule has 0 fully saturated rings. The highest BCUT2D eigenvalue weighted by molar-refractivity contribution is 6.18. The Bertz CT molecular complexity index is 667. The van der Waals surface area contributed by atoms with Crippen molar-refractivity contribution in [2.45, 2.75) is 0 Å². The van der Waals surface area contributed by atoms with Crippen molar-refractivity contribution in [3.8, 4) is 5.75 Å². The average Bonchev–Trinajstić information content (AvgIpc) is 2.75. The van der Waals surface area contributed by atoms with Crippen LogP contribution < -0.4 is 10.1 Å². The number of nitrogens with one attached hydrogen (secondary N) is 1. The Balaban J connectivity index is 2.36. The number of carbonyl (C=O) groups is 3. The number of hydrogen-bond acceptors (Lipinski definition) is 6. The lowest BCUT2D eigenvalue weighted by Gasteiger charge is -2.16. The Kier molecular flexibility index (Phi) is 4.42. The van der Waals surface area contributed by atoms with Crippen LogP contribution in [0.2, 0.25) is 0 Å². The minimum atomic E-state index is -1.20. The molecule has 1 aromatic carbocycles. The second-order valence-corrected chi connectivity index (χ2v) is 4.39. The van der Waals surface area contributed by atoms with Crippen LogP contribution in [0.5, 0.6) is 5.75 Å². The van der Waals surface area contributed by atoms with Gasteiger partial charge in [0.1, 0.15) is 11.4 Å². The number of carboxylic acid groups (broad SMARTS) is 1. The van der Waals surface area contributed by atoms with Crippen molar-refractivity contribution < 1.29 is 29.3 Å². The number of carboxylic acids is 1. The van der Waals surface area contributed by atoms with Gasteiger partial charge in [-0.25, -0.2) is 4.79 Å². The number of methoxy groups -OCH3 is 1. The highest BCUT2D eigenvalue weighted by atomic mass is 16.5. The Morgan fingerprint density at radius 2 is 2.09 bits per heavy atom. The molecule has 0 aromatic heterocycles. The van der Waals surface area contributed by atoms with E-state index in [1.165, 1.54) is 25.3 Å². The number of anilines is 1. The average molecular weight is 306 g/mol. The Hall–Kier alpha value is -2.87. The van der Waals surface area contributed by atoms with E-state index in [2.05, 4.69) is 5.32 Å². The molecule has 22 heavy (non-hydrogen) atoms.